The molecule has 0 aliphatic carbocycles. The second kappa shape index (κ2) is 14.4. The van der Waals surface area contributed by atoms with Crippen molar-refractivity contribution >= 4 is 18.4 Å². The van der Waals surface area contributed by atoms with Gasteiger partial charge in [-0.15, -0.1) is 0 Å². The molecule has 0 spiro atoms. The summed E-state index contributed by atoms with van der Waals surface area (Å²) in [6.07, 6.45) is 11.4. The van der Waals surface area contributed by atoms with Gasteiger partial charge in [-0.05, 0) is 0 Å². The Morgan fingerprint density at radius 3 is 2.12 bits per heavy atom. The first-order valence-electron chi connectivity index (χ1n) is 10.9. The molecule has 0 aromatic heterocycles. The average Bonchev–Trinajstić information content (AvgIpc) is 2.63. The molecular formula is C22H42O2Sn. The minimum absolute atomic E-state index is 0.00379. The van der Waals surface area contributed by atoms with E-state index in [1.54, 1.807) is 0 Å². The van der Waals surface area contributed by atoms with E-state index < -0.39 is 18.4 Å². The molecule has 2 atom stereocenters. The summed E-state index contributed by atoms with van der Waals surface area (Å²) in [4.78, 5) is 0. The van der Waals surface area contributed by atoms with Gasteiger partial charge in [-0.1, -0.05) is 0 Å². The Balaban J connectivity index is 2.54. The van der Waals surface area contributed by atoms with Crippen LogP contribution in [-0.4, -0.2) is 37.9 Å². The van der Waals surface area contributed by atoms with Crippen LogP contribution in [0.15, 0.2) is 0 Å². The third kappa shape index (κ3) is 9.68. The van der Waals surface area contributed by atoms with E-state index >= 15 is 0 Å². The summed E-state index contributed by atoms with van der Waals surface area (Å²) in [6.45, 7) is 10.8. The quantitative estimate of drug-likeness (QED) is 0.188. The molecule has 1 rings (SSSR count). The van der Waals surface area contributed by atoms with Crippen LogP contribution in [0, 0.1) is 15.8 Å². The molecule has 1 heterocycles. The van der Waals surface area contributed by atoms with E-state index in [0.29, 0.717) is 5.92 Å². The van der Waals surface area contributed by atoms with Crippen LogP contribution in [0.25, 0.3) is 0 Å². The van der Waals surface area contributed by atoms with Crippen molar-refractivity contribution in [2.45, 2.75) is 105 Å². The van der Waals surface area contributed by atoms with Gasteiger partial charge in [-0.3, -0.25) is 0 Å². The van der Waals surface area contributed by atoms with E-state index in [1.165, 1.54) is 64.7 Å². The van der Waals surface area contributed by atoms with E-state index in [1.807, 2.05) is 0 Å². The zero-order valence-electron chi connectivity index (χ0n) is 17.4. The standard InChI is InChI=1S/C10H15O2.3C4H9.Sn/c1-3-4-7-11-10-9(2)6-5-8-12-10;3*1-3-4-2;/h9-10H,4-8H2,2H3;3*1,3-4H2,2H3;/t9-,10-;;;;/m1..../s1. The summed E-state index contributed by atoms with van der Waals surface area (Å²) >= 11 is -2.26. The predicted molar refractivity (Wildman–Crippen MR) is 111 cm³/mol. The van der Waals surface area contributed by atoms with E-state index in [9.17, 15) is 0 Å². The van der Waals surface area contributed by atoms with E-state index in [4.69, 9.17) is 9.47 Å². The summed E-state index contributed by atoms with van der Waals surface area (Å²) in [6, 6.07) is 0. The van der Waals surface area contributed by atoms with Crippen molar-refractivity contribution < 1.29 is 9.47 Å². The van der Waals surface area contributed by atoms with Crippen molar-refractivity contribution in [1.82, 2.24) is 0 Å². The molecule has 0 radical (unpaired) electrons. The molecule has 2 nitrogen and oxygen atoms in total. The molecule has 0 bridgehead atoms. The first-order chi connectivity index (χ1) is 12.2. The van der Waals surface area contributed by atoms with E-state index in [-0.39, 0.29) is 6.29 Å². The molecule has 3 heteroatoms. The third-order valence-corrected chi connectivity index (χ3v) is 18.7. The molecule has 0 aromatic rings. The van der Waals surface area contributed by atoms with Gasteiger partial charge in [0.2, 0.25) is 0 Å². The molecule has 1 aliphatic heterocycles. The molecule has 0 N–H and O–H groups in total. The number of hydrogen-bond donors (Lipinski definition) is 0. The molecular weight excluding hydrogens is 415 g/mol. The fourth-order valence-electron chi connectivity index (χ4n) is 3.70. The van der Waals surface area contributed by atoms with Crippen LogP contribution in [0.2, 0.25) is 13.3 Å². The summed E-state index contributed by atoms with van der Waals surface area (Å²) in [5, 5.41) is 0. The molecule has 0 unspecified atom stereocenters. The number of rotatable bonds is 12. The molecule has 1 saturated heterocycles. The minimum atomic E-state index is -2.26. The van der Waals surface area contributed by atoms with Crippen molar-refractivity contribution in [1.29, 1.82) is 0 Å². The summed E-state index contributed by atoms with van der Waals surface area (Å²) in [5.74, 6) is 4.10. The van der Waals surface area contributed by atoms with Crippen LogP contribution < -0.4 is 0 Å². The normalized spacial score (nSPS) is 21.0. The Morgan fingerprint density at radius 2 is 1.60 bits per heavy atom. The molecule has 25 heavy (non-hydrogen) atoms. The molecule has 0 aromatic carbocycles. The van der Waals surface area contributed by atoms with Crippen molar-refractivity contribution in [2.24, 2.45) is 5.92 Å². The van der Waals surface area contributed by atoms with E-state index in [0.717, 1.165) is 19.6 Å². The molecule has 146 valence electrons. The van der Waals surface area contributed by atoms with Gasteiger partial charge in [0, 0.05) is 0 Å². The number of unbranched alkanes of at least 4 members (excludes halogenated alkanes) is 3. The van der Waals surface area contributed by atoms with Gasteiger partial charge in [-0.25, -0.2) is 0 Å². The van der Waals surface area contributed by atoms with E-state index in [2.05, 4.69) is 37.6 Å². The molecule has 1 aliphatic rings. The predicted octanol–water partition coefficient (Wildman–Crippen LogP) is 6.56. The Kier molecular flexibility index (Phi) is 13.4. The average molecular weight is 457 g/mol. The van der Waals surface area contributed by atoms with Gasteiger partial charge in [0.25, 0.3) is 0 Å². The number of hydrogen-bond acceptors (Lipinski definition) is 2. The maximum absolute atomic E-state index is 5.95. The van der Waals surface area contributed by atoms with Crippen molar-refractivity contribution in [3.63, 3.8) is 0 Å². The van der Waals surface area contributed by atoms with Crippen LogP contribution >= 0.6 is 0 Å². The Morgan fingerprint density at radius 1 is 1.00 bits per heavy atom. The van der Waals surface area contributed by atoms with Gasteiger partial charge in [0.05, 0.1) is 0 Å². The second-order valence-corrected chi connectivity index (χ2v) is 20.2. The van der Waals surface area contributed by atoms with Crippen LogP contribution in [0.4, 0.5) is 0 Å². The molecule has 0 saturated carbocycles. The fraction of sp³-hybridized carbons (Fsp3) is 0.909. The van der Waals surface area contributed by atoms with Gasteiger partial charge in [0.15, 0.2) is 0 Å². The van der Waals surface area contributed by atoms with Crippen LogP contribution in [0.1, 0.15) is 85.5 Å². The van der Waals surface area contributed by atoms with Crippen LogP contribution in [-0.2, 0) is 9.47 Å². The Bertz CT molecular complexity index is 363. The first kappa shape index (κ1) is 23.3. The Hall–Kier alpha value is 0.279. The zero-order chi connectivity index (χ0) is 18.4. The molecule has 1 fully saturated rings. The van der Waals surface area contributed by atoms with Crippen molar-refractivity contribution in [2.75, 3.05) is 13.2 Å². The number of ether oxygens (including phenoxy) is 2. The van der Waals surface area contributed by atoms with Crippen molar-refractivity contribution in [3.05, 3.63) is 0 Å². The van der Waals surface area contributed by atoms with Gasteiger partial charge in [-0.2, -0.15) is 0 Å². The van der Waals surface area contributed by atoms with Gasteiger partial charge >= 0.3 is 162 Å². The monoisotopic (exact) mass is 458 g/mol. The first-order valence-corrected chi connectivity index (χ1v) is 18.4. The molecule has 0 amide bonds. The SMILES string of the molecule is CCC[CH2][Sn]([C]#CCCO[C@@H]1OCCC[C@H]1C)([CH2]CCC)[CH2]CCC. The second-order valence-electron chi connectivity index (χ2n) is 7.87. The van der Waals surface area contributed by atoms with Gasteiger partial charge in [0.1, 0.15) is 0 Å². The zero-order valence-corrected chi connectivity index (χ0v) is 20.2. The van der Waals surface area contributed by atoms with Gasteiger partial charge < -0.3 is 0 Å². The van der Waals surface area contributed by atoms with Crippen LogP contribution in [0.5, 0.6) is 0 Å². The van der Waals surface area contributed by atoms with Crippen LogP contribution in [0.3, 0.4) is 0 Å². The summed E-state index contributed by atoms with van der Waals surface area (Å²) in [5.41, 5.74) is 0. The van der Waals surface area contributed by atoms with Crippen molar-refractivity contribution in [3.8, 4) is 9.86 Å². The maximum atomic E-state index is 5.95. The topological polar surface area (TPSA) is 18.5 Å². The Labute approximate surface area is 161 Å². The fourth-order valence-corrected chi connectivity index (χ4v) is 17.2. The summed E-state index contributed by atoms with van der Waals surface area (Å²) in [7, 11) is 0. The third-order valence-electron chi connectivity index (χ3n) is 5.44. The summed E-state index contributed by atoms with van der Waals surface area (Å²) < 4.78 is 20.0.